The predicted molar refractivity (Wildman–Crippen MR) is 107 cm³/mol. The van der Waals surface area contributed by atoms with Gasteiger partial charge in [0.05, 0.1) is 12.0 Å². The van der Waals surface area contributed by atoms with Gasteiger partial charge in [-0.1, -0.05) is 11.6 Å². The molecule has 2 aromatic carbocycles. The van der Waals surface area contributed by atoms with Crippen LogP contribution in [0.5, 0.6) is 5.75 Å². The third-order valence-corrected chi connectivity index (χ3v) is 5.82. The van der Waals surface area contributed by atoms with E-state index in [0.717, 1.165) is 16.8 Å². The summed E-state index contributed by atoms with van der Waals surface area (Å²) in [4.78, 5) is 24.2. The summed E-state index contributed by atoms with van der Waals surface area (Å²) >= 11 is 5.79. The van der Waals surface area contributed by atoms with Gasteiger partial charge in [-0.15, -0.1) is 0 Å². The van der Waals surface area contributed by atoms with Crippen molar-refractivity contribution in [2.75, 3.05) is 12.4 Å². The van der Waals surface area contributed by atoms with Crippen LogP contribution in [0.25, 0.3) is 0 Å². The van der Waals surface area contributed by atoms with Crippen molar-refractivity contribution in [2.24, 2.45) is 0 Å². The number of carbonyl (C=O) groups excluding carboxylic acids is 1. The van der Waals surface area contributed by atoms with E-state index in [1.165, 1.54) is 31.4 Å². The smallest absolute Gasteiger partial charge is 0.267 e. The Morgan fingerprint density at radius 1 is 1.07 bits per heavy atom. The number of hydrogen-bond donors (Lipinski definition) is 1. The van der Waals surface area contributed by atoms with Crippen molar-refractivity contribution in [3.63, 3.8) is 0 Å². The number of amides is 1. The van der Waals surface area contributed by atoms with Crippen molar-refractivity contribution in [3.05, 3.63) is 76.0 Å². The number of carbonyl (C=O) groups is 1. The third kappa shape index (κ3) is 4.82. The molecule has 1 heterocycles. The van der Waals surface area contributed by atoms with Crippen LogP contribution >= 0.6 is 11.6 Å². The Hall–Kier alpha value is -3.17. The molecule has 0 bridgehead atoms. The molecule has 0 atom stereocenters. The zero-order valence-corrected chi connectivity index (χ0v) is 16.8. The van der Waals surface area contributed by atoms with E-state index in [9.17, 15) is 18.0 Å². The van der Waals surface area contributed by atoms with Crippen molar-refractivity contribution >= 4 is 33.0 Å². The van der Waals surface area contributed by atoms with Gasteiger partial charge in [-0.3, -0.25) is 9.59 Å². The summed E-state index contributed by atoms with van der Waals surface area (Å²) in [5.74, 6) is -0.0401. The first kappa shape index (κ1) is 20.6. The highest BCUT2D eigenvalue weighted by atomic mass is 35.5. The predicted octanol–water partition coefficient (Wildman–Crippen LogP) is 2.38. The van der Waals surface area contributed by atoms with Gasteiger partial charge in [0.15, 0.2) is 5.03 Å². The number of aromatic nitrogens is 2. The Kier molecular flexibility index (Phi) is 6.00. The number of rotatable bonds is 6. The Balaban J connectivity index is 1.84. The average Bonchev–Trinajstić information content (AvgIpc) is 2.71. The lowest BCUT2D eigenvalue weighted by Crippen LogP contribution is -2.30. The number of nitrogens with one attached hydrogen (secondary N) is 1. The third-order valence-electron chi connectivity index (χ3n) is 3.91. The molecule has 150 valence electrons. The zero-order valence-electron chi connectivity index (χ0n) is 15.2. The van der Waals surface area contributed by atoms with E-state index in [0.29, 0.717) is 16.5 Å². The van der Waals surface area contributed by atoms with E-state index in [1.54, 1.807) is 24.3 Å². The first-order valence-electron chi connectivity index (χ1n) is 8.32. The average molecular weight is 434 g/mol. The number of hydrogen-bond acceptors (Lipinski definition) is 6. The van der Waals surface area contributed by atoms with Gasteiger partial charge in [0.25, 0.3) is 5.56 Å². The largest absolute Gasteiger partial charge is 0.497 e. The van der Waals surface area contributed by atoms with E-state index in [-0.39, 0.29) is 9.92 Å². The standard InChI is InChI=1S/C19H16ClN3O5S/c1-28-15-6-8-16(9-7-15)29(26,27)18-10-11-19(25)23(22-18)12-17(24)21-14-4-2-13(20)3-5-14/h2-11H,12H2,1H3,(H,21,24). The van der Waals surface area contributed by atoms with Crippen LogP contribution in [0.3, 0.4) is 0 Å². The van der Waals surface area contributed by atoms with Crippen molar-refractivity contribution in [2.45, 2.75) is 16.5 Å². The Bertz CT molecular complexity index is 1190. The number of ether oxygens (including phenoxy) is 1. The summed E-state index contributed by atoms with van der Waals surface area (Å²) in [6, 6.07) is 14.3. The van der Waals surface area contributed by atoms with E-state index >= 15 is 0 Å². The topological polar surface area (TPSA) is 107 Å². The Morgan fingerprint density at radius 2 is 1.72 bits per heavy atom. The van der Waals surface area contributed by atoms with Crippen LogP contribution in [0.1, 0.15) is 0 Å². The van der Waals surface area contributed by atoms with Crippen LogP contribution in [0.15, 0.2) is 75.4 Å². The molecule has 0 aliphatic carbocycles. The lowest BCUT2D eigenvalue weighted by atomic mass is 10.3. The van der Waals surface area contributed by atoms with Gasteiger partial charge in [0.2, 0.25) is 15.7 Å². The molecule has 0 radical (unpaired) electrons. The second-order valence-electron chi connectivity index (χ2n) is 5.90. The Morgan fingerprint density at radius 3 is 2.34 bits per heavy atom. The number of sulfone groups is 1. The fraction of sp³-hybridized carbons (Fsp3) is 0.105. The quantitative estimate of drug-likeness (QED) is 0.639. The van der Waals surface area contributed by atoms with E-state index in [1.807, 2.05) is 0 Å². The summed E-state index contributed by atoms with van der Waals surface area (Å²) in [5, 5.41) is 6.61. The van der Waals surface area contributed by atoms with Crippen LogP contribution in [0.2, 0.25) is 5.02 Å². The normalized spacial score (nSPS) is 11.1. The highest BCUT2D eigenvalue weighted by Crippen LogP contribution is 2.21. The first-order chi connectivity index (χ1) is 13.8. The van der Waals surface area contributed by atoms with Gasteiger partial charge in [-0.2, -0.15) is 5.10 Å². The van der Waals surface area contributed by atoms with Crippen LogP contribution in [-0.2, 0) is 21.2 Å². The molecule has 8 nitrogen and oxygen atoms in total. The lowest BCUT2D eigenvalue weighted by molar-refractivity contribution is -0.117. The fourth-order valence-corrected chi connectivity index (χ4v) is 3.75. The number of nitrogens with zero attached hydrogens (tertiary/aromatic N) is 2. The maximum Gasteiger partial charge on any atom is 0.267 e. The molecule has 3 aromatic rings. The molecule has 0 unspecified atom stereocenters. The summed E-state index contributed by atoms with van der Waals surface area (Å²) in [6.07, 6.45) is 0. The van der Waals surface area contributed by atoms with Gasteiger partial charge < -0.3 is 10.1 Å². The molecule has 0 spiro atoms. The fourth-order valence-electron chi connectivity index (χ4n) is 2.43. The van der Waals surface area contributed by atoms with Crippen molar-refractivity contribution in [1.29, 1.82) is 0 Å². The summed E-state index contributed by atoms with van der Waals surface area (Å²) in [5.41, 5.74) is -0.126. The molecule has 3 rings (SSSR count). The lowest BCUT2D eigenvalue weighted by Gasteiger charge is -2.09. The van der Waals surface area contributed by atoms with E-state index in [2.05, 4.69) is 10.4 Å². The Labute approximate surface area is 171 Å². The molecule has 0 saturated heterocycles. The molecule has 0 aliphatic rings. The minimum atomic E-state index is -3.98. The molecule has 1 amide bonds. The highest BCUT2D eigenvalue weighted by Gasteiger charge is 2.21. The molecule has 10 heteroatoms. The van der Waals surface area contributed by atoms with Gasteiger partial charge in [-0.05, 0) is 54.6 Å². The molecule has 0 aliphatic heterocycles. The van der Waals surface area contributed by atoms with Crippen molar-refractivity contribution in [1.82, 2.24) is 9.78 Å². The SMILES string of the molecule is COc1ccc(S(=O)(=O)c2ccc(=O)n(CC(=O)Nc3ccc(Cl)cc3)n2)cc1. The maximum absolute atomic E-state index is 12.8. The van der Waals surface area contributed by atoms with Crippen LogP contribution in [0.4, 0.5) is 5.69 Å². The molecule has 29 heavy (non-hydrogen) atoms. The van der Waals surface area contributed by atoms with Crippen LogP contribution in [-0.4, -0.2) is 31.2 Å². The van der Waals surface area contributed by atoms with Gasteiger partial charge in [0.1, 0.15) is 12.3 Å². The van der Waals surface area contributed by atoms with Crippen molar-refractivity contribution in [3.8, 4) is 5.75 Å². The summed E-state index contributed by atoms with van der Waals surface area (Å²) < 4.78 is 31.4. The van der Waals surface area contributed by atoms with Gasteiger partial charge in [-0.25, -0.2) is 13.1 Å². The maximum atomic E-state index is 12.8. The molecule has 0 fully saturated rings. The molecular weight excluding hydrogens is 418 g/mol. The molecule has 0 saturated carbocycles. The number of methoxy groups -OCH3 is 1. The highest BCUT2D eigenvalue weighted by molar-refractivity contribution is 7.91. The second kappa shape index (κ2) is 8.46. The monoisotopic (exact) mass is 433 g/mol. The summed E-state index contributed by atoms with van der Waals surface area (Å²) in [6.45, 7) is -0.451. The van der Waals surface area contributed by atoms with Gasteiger partial charge >= 0.3 is 0 Å². The summed E-state index contributed by atoms with van der Waals surface area (Å²) in [7, 11) is -2.51. The van der Waals surface area contributed by atoms with Crippen LogP contribution < -0.4 is 15.6 Å². The van der Waals surface area contributed by atoms with E-state index < -0.39 is 27.8 Å². The van der Waals surface area contributed by atoms with Gasteiger partial charge in [0, 0.05) is 16.8 Å². The van der Waals surface area contributed by atoms with Crippen molar-refractivity contribution < 1.29 is 17.9 Å². The number of anilines is 1. The minimum absolute atomic E-state index is 0.0124. The second-order valence-corrected chi connectivity index (χ2v) is 8.23. The minimum Gasteiger partial charge on any atom is -0.497 e. The zero-order chi connectivity index (χ0) is 21.0. The number of benzene rings is 2. The number of halogens is 1. The molecular formula is C19H16ClN3O5S. The molecule has 1 N–H and O–H groups in total. The van der Waals surface area contributed by atoms with Crippen LogP contribution in [0, 0.1) is 0 Å². The molecule has 1 aromatic heterocycles. The first-order valence-corrected chi connectivity index (χ1v) is 10.2. The van der Waals surface area contributed by atoms with E-state index in [4.69, 9.17) is 16.3 Å².